The van der Waals surface area contributed by atoms with Crippen molar-refractivity contribution >= 4 is 17.0 Å². The summed E-state index contributed by atoms with van der Waals surface area (Å²) in [6.45, 7) is 1.92. The molecule has 0 radical (unpaired) electrons. The van der Waals surface area contributed by atoms with Crippen LogP contribution in [-0.2, 0) is 0 Å². The minimum Gasteiger partial charge on any atom is -0.322 e. The summed E-state index contributed by atoms with van der Waals surface area (Å²) in [7, 11) is 0. The SMILES string of the molecule is CCC(N)c1nnc(-c2cc(F)cc([N+](=O)[O-])c2)s1. The van der Waals surface area contributed by atoms with Gasteiger partial charge in [0.15, 0.2) is 0 Å². The monoisotopic (exact) mass is 282 g/mol. The standard InChI is InChI=1S/C11H11FN4O2S/c1-2-9(13)11-15-14-10(19-11)6-3-7(12)5-8(4-6)16(17)18/h3-5,9H,2,13H2,1H3. The predicted octanol–water partition coefficient (Wildman–Crippen LogP) is 2.66. The molecule has 1 atom stereocenters. The van der Waals surface area contributed by atoms with Gasteiger partial charge in [-0.25, -0.2) is 4.39 Å². The largest absolute Gasteiger partial charge is 0.322 e. The van der Waals surface area contributed by atoms with Crippen molar-refractivity contribution in [1.29, 1.82) is 0 Å². The van der Waals surface area contributed by atoms with Crippen molar-refractivity contribution in [3.8, 4) is 10.6 Å². The number of aromatic nitrogens is 2. The molecule has 0 spiro atoms. The van der Waals surface area contributed by atoms with E-state index in [1.807, 2.05) is 6.92 Å². The molecule has 0 saturated heterocycles. The molecular weight excluding hydrogens is 271 g/mol. The smallest absolute Gasteiger partial charge is 0.273 e. The molecular formula is C11H11FN4O2S. The summed E-state index contributed by atoms with van der Waals surface area (Å²) in [6, 6.07) is 3.10. The van der Waals surface area contributed by atoms with Gasteiger partial charge in [-0.05, 0) is 12.5 Å². The Bertz CT molecular complexity index is 616. The van der Waals surface area contributed by atoms with Crippen LogP contribution in [0.25, 0.3) is 10.6 Å². The van der Waals surface area contributed by atoms with Crippen LogP contribution in [0.15, 0.2) is 18.2 Å². The van der Waals surface area contributed by atoms with Gasteiger partial charge in [0, 0.05) is 11.6 Å². The summed E-state index contributed by atoms with van der Waals surface area (Å²) in [5.74, 6) is -0.680. The quantitative estimate of drug-likeness (QED) is 0.687. The van der Waals surface area contributed by atoms with E-state index in [2.05, 4.69) is 10.2 Å². The van der Waals surface area contributed by atoms with Crippen molar-refractivity contribution < 1.29 is 9.31 Å². The third-order valence-corrected chi connectivity index (χ3v) is 3.64. The van der Waals surface area contributed by atoms with Gasteiger partial charge in [0.05, 0.1) is 17.0 Å². The van der Waals surface area contributed by atoms with E-state index in [1.54, 1.807) is 0 Å². The van der Waals surface area contributed by atoms with Crippen molar-refractivity contribution in [1.82, 2.24) is 10.2 Å². The summed E-state index contributed by atoms with van der Waals surface area (Å²) >= 11 is 1.21. The lowest BCUT2D eigenvalue weighted by Gasteiger charge is -2.01. The van der Waals surface area contributed by atoms with Crippen LogP contribution in [-0.4, -0.2) is 15.1 Å². The second-order valence-corrected chi connectivity index (χ2v) is 4.92. The molecule has 0 bridgehead atoms. The first kappa shape index (κ1) is 13.5. The molecule has 0 aliphatic heterocycles. The first-order valence-electron chi connectivity index (χ1n) is 5.55. The number of rotatable bonds is 4. The molecule has 0 amide bonds. The van der Waals surface area contributed by atoms with Crippen molar-refractivity contribution in [2.24, 2.45) is 5.73 Å². The van der Waals surface area contributed by atoms with Gasteiger partial charge in [0.25, 0.3) is 5.69 Å². The van der Waals surface area contributed by atoms with Gasteiger partial charge in [-0.1, -0.05) is 18.3 Å². The fraction of sp³-hybridized carbons (Fsp3) is 0.273. The number of halogens is 1. The lowest BCUT2D eigenvalue weighted by Crippen LogP contribution is -2.07. The van der Waals surface area contributed by atoms with E-state index < -0.39 is 10.7 Å². The highest BCUT2D eigenvalue weighted by Gasteiger charge is 2.16. The first-order valence-corrected chi connectivity index (χ1v) is 6.37. The predicted molar refractivity (Wildman–Crippen MR) is 69.2 cm³/mol. The van der Waals surface area contributed by atoms with Gasteiger partial charge in [-0.3, -0.25) is 10.1 Å². The molecule has 1 heterocycles. The van der Waals surface area contributed by atoms with Crippen molar-refractivity contribution in [2.45, 2.75) is 19.4 Å². The van der Waals surface area contributed by atoms with E-state index in [1.165, 1.54) is 23.5 Å². The minimum atomic E-state index is -0.680. The van der Waals surface area contributed by atoms with Crippen molar-refractivity contribution in [3.63, 3.8) is 0 Å². The summed E-state index contributed by atoms with van der Waals surface area (Å²) in [5, 5.41) is 19.5. The minimum absolute atomic E-state index is 0.227. The molecule has 1 unspecified atom stereocenters. The average molecular weight is 282 g/mol. The Labute approximate surface area is 112 Å². The number of hydrogen-bond acceptors (Lipinski definition) is 6. The number of hydrogen-bond donors (Lipinski definition) is 1. The van der Waals surface area contributed by atoms with E-state index in [-0.39, 0.29) is 11.7 Å². The molecule has 6 nitrogen and oxygen atoms in total. The topological polar surface area (TPSA) is 94.9 Å². The zero-order chi connectivity index (χ0) is 14.0. The average Bonchev–Trinajstić information content (AvgIpc) is 2.86. The van der Waals surface area contributed by atoms with Gasteiger partial charge < -0.3 is 5.73 Å². The van der Waals surface area contributed by atoms with E-state index in [9.17, 15) is 14.5 Å². The summed E-state index contributed by atoms with van der Waals surface area (Å²) in [6.07, 6.45) is 0.706. The zero-order valence-electron chi connectivity index (χ0n) is 10.0. The Morgan fingerprint density at radius 3 is 2.84 bits per heavy atom. The van der Waals surface area contributed by atoms with Crippen LogP contribution in [0.1, 0.15) is 24.4 Å². The summed E-state index contributed by atoms with van der Waals surface area (Å²) in [4.78, 5) is 10.0. The Balaban J connectivity index is 2.41. The summed E-state index contributed by atoms with van der Waals surface area (Å²) < 4.78 is 13.3. The van der Waals surface area contributed by atoms with Gasteiger partial charge in [-0.15, -0.1) is 10.2 Å². The van der Waals surface area contributed by atoms with Crippen LogP contribution in [0.3, 0.4) is 0 Å². The van der Waals surface area contributed by atoms with Crippen LogP contribution >= 0.6 is 11.3 Å². The molecule has 19 heavy (non-hydrogen) atoms. The van der Waals surface area contributed by atoms with Crippen molar-refractivity contribution in [3.05, 3.63) is 39.1 Å². The number of nitrogens with zero attached hydrogens (tertiary/aromatic N) is 3. The first-order chi connectivity index (χ1) is 9.01. The van der Waals surface area contributed by atoms with Gasteiger partial charge >= 0.3 is 0 Å². The Morgan fingerprint density at radius 2 is 2.21 bits per heavy atom. The van der Waals surface area contributed by atoms with Crippen LogP contribution in [0.5, 0.6) is 0 Å². The Hall–Kier alpha value is -1.93. The Morgan fingerprint density at radius 1 is 1.47 bits per heavy atom. The molecule has 1 aromatic heterocycles. The maximum Gasteiger partial charge on any atom is 0.273 e. The van der Waals surface area contributed by atoms with Crippen molar-refractivity contribution in [2.75, 3.05) is 0 Å². The second-order valence-electron chi connectivity index (χ2n) is 3.92. The number of nitro groups is 1. The van der Waals surface area contributed by atoms with Gasteiger partial charge in [0.1, 0.15) is 15.8 Å². The molecule has 2 rings (SSSR count). The van der Waals surface area contributed by atoms with Gasteiger partial charge in [0.2, 0.25) is 0 Å². The van der Waals surface area contributed by atoms with E-state index >= 15 is 0 Å². The highest BCUT2D eigenvalue weighted by atomic mass is 32.1. The maximum absolute atomic E-state index is 13.3. The second kappa shape index (κ2) is 5.37. The lowest BCUT2D eigenvalue weighted by atomic mass is 10.2. The van der Waals surface area contributed by atoms with Crippen LogP contribution in [0, 0.1) is 15.9 Å². The highest BCUT2D eigenvalue weighted by molar-refractivity contribution is 7.14. The highest BCUT2D eigenvalue weighted by Crippen LogP contribution is 2.30. The molecule has 100 valence electrons. The molecule has 0 saturated carbocycles. The fourth-order valence-corrected chi connectivity index (χ4v) is 2.39. The fourth-order valence-electron chi connectivity index (χ4n) is 1.48. The molecule has 0 aliphatic carbocycles. The van der Waals surface area contributed by atoms with E-state index in [4.69, 9.17) is 5.73 Å². The lowest BCUT2D eigenvalue weighted by molar-refractivity contribution is -0.385. The van der Waals surface area contributed by atoms with Crippen LogP contribution in [0.2, 0.25) is 0 Å². The number of nitrogens with two attached hydrogens (primary N) is 1. The molecule has 1 aromatic carbocycles. The number of non-ortho nitro benzene ring substituents is 1. The number of nitro benzene ring substituents is 1. The summed E-state index contributed by atoms with van der Waals surface area (Å²) in [5.41, 5.74) is 5.84. The Kier molecular flexibility index (Phi) is 3.82. The molecule has 2 N–H and O–H groups in total. The zero-order valence-corrected chi connectivity index (χ0v) is 10.9. The third-order valence-electron chi connectivity index (χ3n) is 2.54. The van der Waals surface area contributed by atoms with Crippen LogP contribution in [0.4, 0.5) is 10.1 Å². The molecule has 0 fully saturated rings. The third kappa shape index (κ3) is 2.91. The van der Waals surface area contributed by atoms with Gasteiger partial charge in [-0.2, -0.15) is 0 Å². The van der Waals surface area contributed by atoms with E-state index in [0.717, 1.165) is 6.07 Å². The molecule has 0 aliphatic rings. The van der Waals surface area contributed by atoms with Crippen LogP contribution < -0.4 is 5.73 Å². The normalized spacial score (nSPS) is 12.4. The number of benzene rings is 1. The molecule has 8 heteroatoms. The van der Waals surface area contributed by atoms with E-state index in [0.29, 0.717) is 22.0 Å². The molecule has 2 aromatic rings. The maximum atomic E-state index is 13.3.